The summed E-state index contributed by atoms with van der Waals surface area (Å²) < 4.78 is 0. The van der Waals surface area contributed by atoms with Crippen LogP contribution in [-0.2, 0) is 0 Å². The first-order chi connectivity index (χ1) is 6.86. The van der Waals surface area contributed by atoms with E-state index in [2.05, 4.69) is 60.9 Å². The molecular formula is C13H12S. The van der Waals surface area contributed by atoms with Crippen LogP contribution in [0.4, 0.5) is 0 Å². The van der Waals surface area contributed by atoms with Crippen molar-refractivity contribution in [3.63, 3.8) is 0 Å². The second-order valence-electron chi connectivity index (χ2n) is 3.21. The van der Waals surface area contributed by atoms with E-state index in [9.17, 15) is 0 Å². The van der Waals surface area contributed by atoms with Crippen LogP contribution in [0, 0.1) is 6.92 Å². The summed E-state index contributed by atoms with van der Waals surface area (Å²) in [6.45, 7) is 2.13. The summed E-state index contributed by atoms with van der Waals surface area (Å²) in [5, 5.41) is 2.09. The highest BCUT2D eigenvalue weighted by atomic mass is 32.1. The molecule has 1 heteroatoms. The van der Waals surface area contributed by atoms with Crippen LogP contribution in [0.2, 0.25) is 0 Å². The molecule has 0 amide bonds. The monoisotopic (exact) mass is 200 g/mol. The number of benzene rings is 1. The maximum absolute atomic E-state index is 2.17. The Bertz CT molecular complexity index is 424. The molecule has 0 bridgehead atoms. The van der Waals surface area contributed by atoms with Crippen LogP contribution in [0.5, 0.6) is 0 Å². The van der Waals surface area contributed by atoms with E-state index in [4.69, 9.17) is 0 Å². The summed E-state index contributed by atoms with van der Waals surface area (Å²) in [6.07, 6.45) is 4.33. The van der Waals surface area contributed by atoms with Gasteiger partial charge in [-0.3, -0.25) is 0 Å². The van der Waals surface area contributed by atoms with Crippen LogP contribution >= 0.6 is 11.3 Å². The van der Waals surface area contributed by atoms with Crippen molar-refractivity contribution in [1.29, 1.82) is 0 Å². The molecule has 0 N–H and O–H groups in total. The number of hydrogen-bond donors (Lipinski definition) is 0. The summed E-state index contributed by atoms with van der Waals surface area (Å²) in [6, 6.07) is 12.6. The van der Waals surface area contributed by atoms with Gasteiger partial charge in [-0.15, -0.1) is 11.3 Å². The van der Waals surface area contributed by atoms with Gasteiger partial charge in [0.25, 0.3) is 0 Å². The predicted octanol–water partition coefficient (Wildman–Crippen LogP) is 4.23. The van der Waals surface area contributed by atoms with E-state index in [1.807, 2.05) is 0 Å². The Morgan fingerprint density at radius 1 is 1.00 bits per heavy atom. The highest BCUT2D eigenvalue weighted by molar-refractivity contribution is 7.10. The molecule has 0 aliphatic heterocycles. The fourth-order valence-electron chi connectivity index (χ4n) is 1.33. The van der Waals surface area contributed by atoms with Crippen LogP contribution in [0.1, 0.15) is 16.0 Å². The van der Waals surface area contributed by atoms with Crippen molar-refractivity contribution < 1.29 is 0 Å². The maximum atomic E-state index is 2.17. The van der Waals surface area contributed by atoms with Crippen molar-refractivity contribution in [2.45, 2.75) is 6.92 Å². The van der Waals surface area contributed by atoms with E-state index in [1.165, 1.54) is 16.0 Å². The van der Waals surface area contributed by atoms with E-state index in [-0.39, 0.29) is 0 Å². The van der Waals surface area contributed by atoms with Crippen molar-refractivity contribution in [1.82, 2.24) is 0 Å². The van der Waals surface area contributed by atoms with Gasteiger partial charge in [0.2, 0.25) is 0 Å². The summed E-state index contributed by atoms with van der Waals surface area (Å²) in [5.41, 5.74) is 2.61. The Morgan fingerprint density at radius 3 is 2.57 bits per heavy atom. The third-order valence-corrected chi connectivity index (χ3v) is 3.00. The first-order valence-electron chi connectivity index (χ1n) is 4.63. The average molecular weight is 200 g/mol. The van der Waals surface area contributed by atoms with Gasteiger partial charge >= 0.3 is 0 Å². The molecule has 0 saturated carbocycles. The zero-order valence-electron chi connectivity index (χ0n) is 8.10. The normalized spacial score (nSPS) is 10.9. The van der Waals surface area contributed by atoms with Gasteiger partial charge in [-0.1, -0.05) is 36.4 Å². The standard InChI is InChI=1S/C13H12S/c1-11-5-2-3-6-12(11)8-9-13-7-4-10-14-13/h2-10H,1H3. The van der Waals surface area contributed by atoms with Crippen molar-refractivity contribution in [3.05, 3.63) is 57.8 Å². The minimum Gasteiger partial charge on any atom is -0.144 e. The Morgan fingerprint density at radius 2 is 1.86 bits per heavy atom. The zero-order valence-corrected chi connectivity index (χ0v) is 8.92. The van der Waals surface area contributed by atoms with Gasteiger partial charge in [0.1, 0.15) is 0 Å². The third-order valence-electron chi connectivity index (χ3n) is 2.16. The Kier molecular flexibility index (Phi) is 2.80. The first kappa shape index (κ1) is 9.22. The van der Waals surface area contributed by atoms with E-state index in [1.54, 1.807) is 11.3 Å². The Hall–Kier alpha value is -1.34. The molecule has 0 saturated heterocycles. The lowest BCUT2D eigenvalue weighted by Crippen LogP contribution is -1.76. The van der Waals surface area contributed by atoms with Gasteiger partial charge < -0.3 is 0 Å². The smallest absolute Gasteiger partial charge is 0.0270 e. The van der Waals surface area contributed by atoms with Gasteiger partial charge in [-0.2, -0.15) is 0 Å². The summed E-state index contributed by atoms with van der Waals surface area (Å²) in [5.74, 6) is 0. The molecule has 0 atom stereocenters. The van der Waals surface area contributed by atoms with E-state index in [0.29, 0.717) is 0 Å². The van der Waals surface area contributed by atoms with Crippen molar-refractivity contribution >= 4 is 23.5 Å². The fourth-order valence-corrected chi connectivity index (χ4v) is 1.95. The number of hydrogen-bond acceptors (Lipinski definition) is 1. The van der Waals surface area contributed by atoms with E-state index >= 15 is 0 Å². The minimum atomic E-state index is 1.29. The molecule has 2 rings (SSSR count). The molecule has 0 unspecified atom stereocenters. The highest BCUT2D eigenvalue weighted by Gasteiger charge is 1.91. The number of thiophene rings is 1. The quantitative estimate of drug-likeness (QED) is 0.680. The molecular weight excluding hydrogens is 188 g/mol. The van der Waals surface area contributed by atoms with Gasteiger partial charge in [-0.05, 0) is 35.6 Å². The van der Waals surface area contributed by atoms with E-state index < -0.39 is 0 Å². The molecule has 0 fully saturated rings. The first-order valence-corrected chi connectivity index (χ1v) is 5.51. The lowest BCUT2D eigenvalue weighted by atomic mass is 10.1. The Balaban J connectivity index is 2.23. The van der Waals surface area contributed by atoms with Crippen molar-refractivity contribution in [2.24, 2.45) is 0 Å². The SMILES string of the molecule is Cc1ccccc1C=Cc1cccs1. The lowest BCUT2D eigenvalue weighted by Gasteiger charge is -1.97. The fraction of sp³-hybridized carbons (Fsp3) is 0.0769. The maximum Gasteiger partial charge on any atom is 0.0270 e. The van der Waals surface area contributed by atoms with Crippen molar-refractivity contribution in [2.75, 3.05) is 0 Å². The largest absolute Gasteiger partial charge is 0.144 e. The van der Waals surface area contributed by atoms with Gasteiger partial charge in [-0.25, -0.2) is 0 Å². The second kappa shape index (κ2) is 4.25. The Labute approximate surface area is 88.5 Å². The molecule has 0 nitrogen and oxygen atoms in total. The molecule has 70 valence electrons. The molecule has 0 spiro atoms. The van der Waals surface area contributed by atoms with E-state index in [0.717, 1.165) is 0 Å². The molecule has 1 aromatic carbocycles. The molecule has 14 heavy (non-hydrogen) atoms. The van der Waals surface area contributed by atoms with Crippen LogP contribution in [0.15, 0.2) is 41.8 Å². The summed E-state index contributed by atoms with van der Waals surface area (Å²) in [7, 11) is 0. The molecule has 0 aliphatic carbocycles. The summed E-state index contributed by atoms with van der Waals surface area (Å²) in [4.78, 5) is 1.30. The number of aryl methyl sites for hydroxylation is 1. The molecule has 1 aromatic heterocycles. The predicted molar refractivity (Wildman–Crippen MR) is 64.4 cm³/mol. The molecule has 2 aromatic rings. The van der Waals surface area contributed by atoms with Gasteiger partial charge in [0.05, 0.1) is 0 Å². The zero-order chi connectivity index (χ0) is 9.80. The highest BCUT2D eigenvalue weighted by Crippen LogP contribution is 2.15. The lowest BCUT2D eigenvalue weighted by molar-refractivity contribution is 1.45. The van der Waals surface area contributed by atoms with Crippen LogP contribution in [-0.4, -0.2) is 0 Å². The van der Waals surface area contributed by atoms with Crippen molar-refractivity contribution in [3.8, 4) is 0 Å². The van der Waals surface area contributed by atoms with Crippen LogP contribution in [0.3, 0.4) is 0 Å². The van der Waals surface area contributed by atoms with Crippen LogP contribution < -0.4 is 0 Å². The van der Waals surface area contributed by atoms with Gasteiger partial charge in [0.15, 0.2) is 0 Å². The second-order valence-corrected chi connectivity index (χ2v) is 4.18. The summed E-state index contributed by atoms with van der Waals surface area (Å²) >= 11 is 1.76. The average Bonchev–Trinajstić information content (AvgIpc) is 2.69. The molecule has 0 radical (unpaired) electrons. The van der Waals surface area contributed by atoms with Gasteiger partial charge in [0, 0.05) is 4.88 Å². The van der Waals surface area contributed by atoms with Crippen LogP contribution in [0.25, 0.3) is 12.2 Å². The third kappa shape index (κ3) is 2.12. The minimum absolute atomic E-state index is 1.29. The number of rotatable bonds is 2. The topological polar surface area (TPSA) is 0 Å². The molecule has 0 aliphatic rings. The molecule has 1 heterocycles.